The van der Waals surface area contributed by atoms with Crippen molar-refractivity contribution in [2.24, 2.45) is 5.92 Å². The highest BCUT2D eigenvalue weighted by Gasteiger charge is 2.33. The molecule has 2 saturated heterocycles. The molecule has 5 heterocycles. The van der Waals surface area contributed by atoms with Crippen LogP contribution in [-0.2, 0) is 0 Å². The van der Waals surface area contributed by atoms with Crippen molar-refractivity contribution < 1.29 is 0 Å². The number of benzene rings is 1. The van der Waals surface area contributed by atoms with E-state index in [1.165, 1.54) is 6.42 Å². The fourth-order valence-corrected chi connectivity index (χ4v) is 4.57. The van der Waals surface area contributed by atoms with E-state index < -0.39 is 0 Å². The van der Waals surface area contributed by atoms with E-state index in [9.17, 15) is 0 Å². The molecule has 0 saturated carbocycles. The maximum absolute atomic E-state index is 4.86. The first-order valence-electron chi connectivity index (χ1n) is 10.3. The van der Waals surface area contributed by atoms with Crippen molar-refractivity contribution >= 4 is 28.4 Å². The van der Waals surface area contributed by atoms with Crippen LogP contribution < -0.4 is 15.5 Å². The topological polar surface area (TPSA) is 83.8 Å². The Balaban J connectivity index is 1.38. The van der Waals surface area contributed by atoms with Crippen molar-refractivity contribution in [3.05, 3.63) is 61.2 Å². The van der Waals surface area contributed by atoms with E-state index in [0.717, 1.165) is 47.9 Å². The van der Waals surface area contributed by atoms with E-state index in [4.69, 9.17) is 5.10 Å². The van der Waals surface area contributed by atoms with Gasteiger partial charge in [-0.25, -0.2) is 14.6 Å². The summed E-state index contributed by atoms with van der Waals surface area (Å²) in [6.45, 7) is 3.17. The number of hydrogen-bond acceptors (Lipinski definition) is 7. The Labute approximate surface area is 174 Å². The standard InChI is InChI=1S/C22H22N8/c1-2-4-19-18(3-1)22(27-20-12-23-7-8-24-20)28-30(19)17-5-6-25-21(10-17)29-13-15-9-16(14-29)26-11-15/h1-8,10,12,15-16,26H,9,11,13-14H2,(H,24,27,28). The number of pyridine rings is 1. The first kappa shape index (κ1) is 17.3. The zero-order valence-electron chi connectivity index (χ0n) is 16.4. The molecule has 2 unspecified atom stereocenters. The molecule has 3 aromatic heterocycles. The van der Waals surface area contributed by atoms with Crippen molar-refractivity contribution in [2.45, 2.75) is 12.5 Å². The van der Waals surface area contributed by atoms with Gasteiger partial charge >= 0.3 is 0 Å². The minimum absolute atomic E-state index is 0.572. The SMILES string of the molecule is c1ccc2c(c1)c(Nc1cnccn1)nn2-c1ccnc(N2CC3CNC(C3)C2)c1. The minimum Gasteiger partial charge on any atom is -0.355 e. The molecule has 4 aromatic rings. The number of fused-ring (bicyclic) bond motifs is 3. The predicted molar refractivity (Wildman–Crippen MR) is 116 cm³/mol. The van der Waals surface area contributed by atoms with E-state index in [-0.39, 0.29) is 0 Å². The maximum Gasteiger partial charge on any atom is 0.162 e. The number of anilines is 3. The Bertz CT molecular complexity index is 1180. The third-order valence-corrected chi connectivity index (χ3v) is 5.93. The van der Waals surface area contributed by atoms with Gasteiger partial charge in [-0.1, -0.05) is 12.1 Å². The Kier molecular flexibility index (Phi) is 4.09. The average molecular weight is 398 g/mol. The molecule has 2 N–H and O–H groups in total. The van der Waals surface area contributed by atoms with Crippen LogP contribution in [0.3, 0.4) is 0 Å². The number of aromatic nitrogens is 5. The third-order valence-electron chi connectivity index (χ3n) is 5.93. The predicted octanol–water partition coefficient (Wildman–Crippen LogP) is 2.75. The largest absolute Gasteiger partial charge is 0.355 e. The van der Waals surface area contributed by atoms with Crippen molar-refractivity contribution in [1.82, 2.24) is 30.0 Å². The van der Waals surface area contributed by atoms with E-state index in [0.29, 0.717) is 17.8 Å². The molecule has 2 aliphatic heterocycles. The van der Waals surface area contributed by atoms with Gasteiger partial charge in [0, 0.05) is 55.7 Å². The number of rotatable bonds is 4. The van der Waals surface area contributed by atoms with Crippen molar-refractivity contribution in [3.63, 3.8) is 0 Å². The van der Waals surface area contributed by atoms with Crippen molar-refractivity contribution in [3.8, 4) is 5.69 Å². The fourth-order valence-electron chi connectivity index (χ4n) is 4.57. The lowest BCUT2D eigenvalue weighted by atomic mass is 10.00. The lowest BCUT2D eigenvalue weighted by molar-refractivity contribution is 0.472. The molecule has 1 aromatic carbocycles. The molecule has 150 valence electrons. The van der Waals surface area contributed by atoms with Gasteiger partial charge in [-0.05, 0) is 30.5 Å². The van der Waals surface area contributed by atoms with E-state index in [1.54, 1.807) is 18.6 Å². The van der Waals surface area contributed by atoms with Crippen LogP contribution in [0.4, 0.5) is 17.5 Å². The molecule has 8 heteroatoms. The van der Waals surface area contributed by atoms with E-state index in [2.05, 4.69) is 48.7 Å². The third kappa shape index (κ3) is 3.05. The van der Waals surface area contributed by atoms with E-state index in [1.807, 2.05) is 29.1 Å². The van der Waals surface area contributed by atoms with Crippen LogP contribution in [0.1, 0.15) is 6.42 Å². The van der Waals surface area contributed by atoms with Crippen LogP contribution in [0.25, 0.3) is 16.6 Å². The highest BCUT2D eigenvalue weighted by molar-refractivity contribution is 5.92. The maximum atomic E-state index is 4.86. The Morgan fingerprint density at radius 1 is 1.03 bits per heavy atom. The van der Waals surface area contributed by atoms with Crippen LogP contribution in [-0.4, -0.2) is 50.4 Å². The Morgan fingerprint density at radius 2 is 2.00 bits per heavy atom. The zero-order chi connectivity index (χ0) is 19.9. The molecule has 0 spiro atoms. The lowest BCUT2D eigenvalue weighted by Crippen LogP contribution is -2.41. The molecular formula is C22H22N8. The average Bonchev–Trinajstić information content (AvgIpc) is 3.34. The highest BCUT2D eigenvalue weighted by Crippen LogP contribution is 2.30. The van der Waals surface area contributed by atoms with Gasteiger partial charge in [-0.3, -0.25) is 4.98 Å². The van der Waals surface area contributed by atoms with Gasteiger partial charge in [0.25, 0.3) is 0 Å². The second kappa shape index (κ2) is 7.07. The summed E-state index contributed by atoms with van der Waals surface area (Å²) in [6.07, 6.45) is 8.16. The molecule has 2 fully saturated rings. The molecule has 2 atom stereocenters. The Morgan fingerprint density at radius 3 is 2.90 bits per heavy atom. The first-order chi connectivity index (χ1) is 14.8. The van der Waals surface area contributed by atoms with Gasteiger partial charge in [0.1, 0.15) is 11.6 Å². The molecule has 2 aliphatic rings. The van der Waals surface area contributed by atoms with E-state index >= 15 is 0 Å². The second-order valence-corrected chi connectivity index (χ2v) is 7.98. The first-order valence-corrected chi connectivity index (χ1v) is 10.3. The summed E-state index contributed by atoms with van der Waals surface area (Å²) >= 11 is 0. The smallest absolute Gasteiger partial charge is 0.162 e. The van der Waals surface area contributed by atoms with Gasteiger partial charge < -0.3 is 15.5 Å². The summed E-state index contributed by atoms with van der Waals surface area (Å²) in [6, 6.07) is 12.9. The summed E-state index contributed by atoms with van der Waals surface area (Å²) in [5.41, 5.74) is 2.02. The number of nitrogens with one attached hydrogen (secondary N) is 2. The number of piperidine rings is 1. The number of para-hydroxylation sites is 1. The molecule has 0 aliphatic carbocycles. The van der Waals surface area contributed by atoms with Gasteiger partial charge in [0.15, 0.2) is 5.82 Å². The molecule has 30 heavy (non-hydrogen) atoms. The molecule has 6 rings (SSSR count). The van der Waals surface area contributed by atoms with Crippen LogP contribution in [0.15, 0.2) is 61.2 Å². The summed E-state index contributed by atoms with van der Waals surface area (Å²) in [5.74, 6) is 3.14. The Hall–Kier alpha value is -3.52. The molecule has 2 bridgehead atoms. The summed E-state index contributed by atoms with van der Waals surface area (Å²) in [4.78, 5) is 15.5. The zero-order valence-corrected chi connectivity index (χ0v) is 16.4. The number of hydrogen-bond donors (Lipinski definition) is 2. The lowest BCUT2D eigenvalue weighted by Gasteiger charge is -2.32. The van der Waals surface area contributed by atoms with Crippen LogP contribution in [0, 0.1) is 5.92 Å². The molecule has 0 radical (unpaired) electrons. The monoisotopic (exact) mass is 398 g/mol. The fraction of sp³-hybridized carbons (Fsp3) is 0.273. The van der Waals surface area contributed by atoms with Gasteiger partial charge in [-0.2, -0.15) is 0 Å². The van der Waals surface area contributed by atoms with Gasteiger partial charge in [0.2, 0.25) is 0 Å². The summed E-state index contributed by atoms with van der Waals surface area (Å²) in [7, 11) is 0. The van der Waals surface area contributed by atoms with Crippen molar-refractivity contribution in [1.29, 1.82) is 0 Å². The minimum atomic E-state index is 0.572. The summed E-state index contributed by atoms with van der Waals surface area (Å²) in [5, 5.41) is 12.8. The quantitative estimate of drug-likeness (QED) is 0.547. The highest BCUT2D eigenvalue weighted by atomic mass is 15.3. The van der Waals surface area contributed by atoms with Crippen LogP contribution in [0.2, 0.25) is 0 Å². The normalized spacial score (nSPS) is 20.6. The van der Waals surface area contributed by atoms with Crippen LogP contribution >= 0.6 is 0 Å². The van der Waals surface area contributed by atoms with Crippen LogP contribution in [0.5, 0.6) is 0 Å². The van der Waals surface area contributed by atoms with Crippen molar-refractivity contribution in [2.75, 3.05) is 29.9 Å². The van der Waals surface area contributed by atoms with Gasteiger partial charge in [0.05, 0.1) is 17.4 Å². The summed E-state index contributed by atoms with van der Waals surface area (Å²) < 4.78 is 1.97. The molecular weight excluding hydrogens is 376 g/mol. The molecule has 0 amide bonds. The number of nitrogens with zero attached hydrogens (tertiary/aromatic N) is 6. The molecule has 8 nitrogen and oxygen atoms in total. The van der Waals surface area contributed by atoms with Gasteiger partial charge in [-0.15, -0.1) is 5.10 Å². The second-order valence-electron chi connectivity index (χ2n) is 7.98.